The molecular weight excluding hydrogens is 254 g/mol. The molecule has 1 N–H and O–H groups in total. The Kier molecular flexibility index (Phi) is 4.41. The first-order valence-electron chi connectivity index (χ1n) is 7.71. The van der Waals surface area contributed by atoms with Crippen molar-refractivity contribution in [1.29, 1.82) is 0 Å². The Hall–Kier alpha value is -1.76. The second-order valence-electron chi connectivity index (χ2n) is 7.05. The molecule has 0 aromatic heterocycles. The summed E-state index contributed by atoms with van der Waals surface area (Å²) in [6.45, 7) is 13.3. The first-order valence-corrected chi connectivity index (χ1v) is 7.71. The summed E-state index contributed by atoms with van der Waals surface area (Å²) in [7, 11) is 0. The maximum atomic E-state index is 3.60. The van der Waals surface area contributed by atoms with E-state index in [2.05, 4.69) is 89.3 Å². The van der Waals surface area contributed by atoms with Crippen LogP contribution in [0.15, 0.2) is 42.5 Å². The molecule has 1 atom stereocenters. The van der Waals surface area contributed by atoms with Gasteiger partial charge < -0.3 is 5.32 Å². The Bertz CT molecular complexity index is 603. The van der Waals surface area contributed by atoms with Crippen molar-refractivity contribution in [2.75, 3.05) is 5.32 Å². The summed E-state index contributed by atoms with van der Waals surface area (Å²) < 4.78 is 0. The Labute approximate surface area is 129 Å². The van der Waals surface area contributed by atoms with E-state index < -0.39 is 0 Å². The lowest BCUT2D eigenvalue weighted by Gasteiger charge is -2.21. The van der Waals surface area contributed by atoms with E-state index >= 15 is 0 Å². The van der Waals surface area contributed by atoms with Crippen LogP contribution in [0.3, 0.4) is 0 Å². The summed E-state index contributed by atoms with van der Waals surface area (Å²) in [5.74, 6) is 0. The highest BCUT2D eigenvalue weighted by Crippen LogP contribution is 2.26. The Morgan fingerprint density at radius 1 is 0.905 bits per heavy atom. The van der Waals surface area contributed by atoms with E-state index in [4.69, 9.17) is 0 Å². The molecule has 0 aliphatic heterocycles. The molecule has 0 spiro atoms. The average Bonchev–Trinajstić information content (AvgIpc) is 2.38. The molecule has 2 aromatic rings. The largest absolute Gasteiger partial charge is 0.379 e. The number of rotatable bonds is 3. The first kappa shape index (κ1) is 15.6. The van der Waals surface area contributed by atoms with Crippen molar-refractivity contribution >= 4 is 5.69 Å². The number of benzene rings is 2. The van der Waals surface area contributed by atoms with E-state index in [1.54, 1.807) is 0 Å². The molecule has 0 amide bonds. The molecule has 1 unspecified atom stereocenters. The van der Waals surface area contributed by atoms with Gasteiger partial charge in [0, 0.05) is 11.7 Å². The van der Waals surface area contributed by atoms with Crippen LogP contribution in [0, 0.1) is 13.8 Å². The minimum Gasteiger partial charge on any atom is -0.379 e. The van der Waals surface area contributed by atoms with Crippen LogP contribution >= 0.6 is 0 Å². The minimum atomic E-state index is 0.206. The predicted molar refractivity (Wildman–Crippen MR) is 93.1 cm³/mol. The fourth-order valence-electron chi connectivity index (χ4n) is 2.71. The Morgan fingerprint density at radius 2 is 1.52 bits per heavy atom. The van der Waals surface area contributed by atoms with Crippen molar-refractivity contribution in [2.24, 2.45) is 0 Å². The van der Waals surface area contributed by atoms with Crippen LogP contribution < -0.4 is 5.32 Å². The maximum Gasteiger partial charge on any atom is 0.0488 e. The Morgan fingerprint density at radius 3 is 2.05 bits per heavy atom. The minimum absolute atomic E-state index is 0.206. The lowest BCUT2D eigenvalue weighted by atomic mass is 9.87. The van der Waals surface area contributed by atoms with Crippen molar-refractivity contribution in [3.63, 3.8) is 0 Å². The van der Waals surface area contributed by atoms with Gasteiger partial charge in [0.2, 0.25) is 0 Å². The van der Waals surface area contributed by atoms with E-state index in [1.165, 1.54) is 27.9 Å². The summed E-state index contributed by atoms with van der Waals surface area (Å²) in [4.78, 5) is 0. The first-order chi connectivity index (χ1) is 9.77. The van der Waals surface area contributed by atoms with Crippen molar-refractivity contribution < 1.29 is 0 Å². The van der Waals surface area contributed by atoms with Gasteiger partial charge >= 0.3 is 0 Å². The molecule has 2 rings (SSSR count). The van der Waals surface area contributed by atoms with Crippen LogP contribution in [0.4, 0.5) is 5.69 Å². The molecule has 0 aliphatic rings. The van der Waals surface area contributed by atoms with E-state index in [0.29, 0.717) is 6.04 Å². The molecule has 0 radical (unpaired) electrons. The molecule has 21 heavy (non-hydrogen) atoms. The average molecular weight is 281 g/mol. The predicted octanol–water partition coefficient (Wildman–Crippen LogP) is 5.77. The van der Waals surface area contributed by atoms with Gasteiger partial charge in [0.1, 0.15) is 0 Å². The number of hydrogen-bond acceptors (Lipinski definition) is 1. The maximum absolute atomic E-state index is 3.60. The van der Waals surface area contributed by atoms with Crippen molar-refractivity contribution in [2.45, 2.75) is 53.0 Å². The molecule has 1 heteroatoms. The van der Waals surface area contributed by atoms with Crippen LogP contribution in [0.2, 0.25) is 0 Å². The molecule has 0 saturated carbocycles. The quantitative estimate of drug-likeness (QED) is 0.752. The van der Waals surface area contributed by atoms with Gasteiger partial charge in [0.25, 0.3) is 0 Å². The van der Waals surface area contributed by atoms with Gasteiger partial charge in [-0.2, -0.15) is 0 Å². The summed E-state index contributed by atoms with van der Waals surface area (Å²) in [6, 6.07) is 15.8. The monoisotopic (exact) mass is 281 g/mol. The fraction of sp³-hybridized carbons (Fsp3) is 0.400. The Balaban J connectivity index is 2.14. The third-order valence-electron chi connectivity index (χ3n) is 4.03. The molecular formula is C20H27N. The van der Waals surface area contributed by atoms with E-state index in [-0.39, 0.29) is 5.41 Å². The highest BCUT2D eigenvalue weighted by Gasteiger charge is 2.13. The van der Waals surface area contributed by atoms with Crippen LogP contribution in [-0.4, -0.2) is 0 Å². The molecule has 112 valence electrons. The van der Waals surface area contributed by atoms with Crippen LogP contribution in [0.25, 0.3) is 0 Å². The number of hydrogen-bond donors (Lipinski definition) is 1. The van der Waals surface area contributed by atoms with E-state index in [0.717, 1.165) is 0 Å². The number of aryl methyl sites for hydroxylation is 2. The third-order valence-corrected chi connectivity index (χ3v) is 4.03. The zero-order valence-electron chi connectivity index (χ0n) is 14.1. The van der Waals surface area contributed by atoms with Gasteiger partial charge in [0.15, 0.2) is 0 Å². The number of anilines is 1. The van der Waals surface area contributed by atoms with E-state index in [9.17, 15) is 0 Å². The highest BCUT2D eigenvalue weighted by molar-refractivity contribution is 5.48. The molecule has 1 nitrogen and oxygen atoms in total. The van der Waals surface area contributed by atoms with Crippen LogP contribution in [0.1, 0.15) is 56.0 Å². The molecule has 0 fully saturated rings. The standard InChI is InChI=1S/C20H27N/c1-14-7-12-19(15(2)13-14)16(3)21-18-10-8-17(9-11-18)20(4,5)6/h7-13,16,21H,1-6H3. The van der Waals surface area contributed by atoms with Crippen molar-refractivity contribution in [1.82, 2.24) is 0 Å². The lowest BCUT2D eigenvalue weighted by Crippen LogP contribution is -2.12. The van der Waals surface area contributed by atoms with E-state index in [1.807, 2.05) is 0 Å². The zero-order chi connectivity index (χ0) is 15.6. The van der Waals surface area contributed by atoms with Crippen molar-refractivity contribution in [3.8, 4) is 0 Å². The van der Waals surface area contributed by atoms with Gasteiger partial charge in [-0.05, 0) is 55.0 Å². The zero-order valence-corrected chi connectivity index (χ0v) is 14.1. The summed E-state index contributed by atoms with van der Waals surface area (Å²) >= 11 is 0. The van der Waals surface area contributed by atoms with Crippen molar-refractivity contribution in [3.05, 3.63) is 64.7 Å². The SMILES string of the molecule is Cc1ccc(C(C)Nc2ccc(C(C)(C)C)cc2)c(C)c1. The molecule has 0 saturated heterocycles. The fourth-order valence-corrected chi connectivity index (χ4v) is 2.71. The molecule has 2 aromatic carbocycles. The van der Waals surface area contributed by atoms with Gasteiger partial charge in [-0.25, -0.2) is 0 Å². The number of nitrogens with one attached hydrogen (secondary N) is 1. The summed E-state index contributed by atoms with van der Waals surface area (Å²) in [5, 5.41) is 3.60. The second kappa shape index (κ2) is 5.93. The highest BCUT2D eigenvalue weighted by atomic mass is 14.9. The summed E-state index contributed by atoms with van der Waals surface area (Å²) in [5.41, 5.74) is 6.78. The van der Waals surface area contributed by atoms with Gasteiger partial charge in [-0.15, -0.1) is 0 Å². The molecule has 0 heterocycles. The van der Waals surface area contributed by atoms with Gasteiger partial charge in [-0.1, -0.05) is 56.7 Å². The molecule has 0 aliphatic carbocycles. The normalized spacial score (nSPS) is 13.0. The van der Waals surface area contributed by atoms with Crippen LogP contribution in [-0.2, 0) is 5.41 Å². The lowest BCUT2D eigenvalue weighted by molar-refractivity contribution is 0.590. The van der Waals surface area contributed by atoms with Crippen LogP contribution in [0.5, 0.6) is 0 Å². The summed E-state index contributed by atoms with van der Waals surface area (Å²) in [6.07, 6.45) is 0. The second-order valence-corrected chi connectivity index (χ2v) is 7.05. The molecule has 0 bridgehead atoms. The van der Waals surface area contributed by atoms with Gasteiger partial charge in [-0.3, -0.25) is 0 Å². The smallest absolute Gasteiger partial charge is 0.0488 e. The third kappa shape index (κ3) is 3.87. The topological polar surface area (TPSA) is 12.0 Å². The van der Waals surface area contributed by atoms with Gasteiger partial charge in [0.05, 0.1) is 0 Å².